The molecule has 0 bridgehead atoms. The lowest BCUT2D eigenvalue weighted by atomic mass is 9.94. The minimum absolute atomic E-state index is 0.00166. The summed E-state index contributed by atoms with van der Waals surface area (Å²) in [6, 6.07) is 14.5. The molecular weight excluding hydrogens is 466 g/mol. The zero-order valence-electron chi connectivity index (χ0n) is 19.1. The van der Waals surface area contributed by atoms with Crippen molar-refractivity contribution in [2.24, 2.45) is 0 Å². The maximum atomic E-state index is 14.5. The molecule has 0 unspecified atom stereocenters. The largest absolute Gasteiger partial charge is 0.493 e. The monoisotopic (exact) mass is 487 g/mol. The summed E-state index contributed by atoms with van der Waals surface area (Å²) < 4.78 is 74.5. The minimum atomic E-state index is -5.02. The summed E-state index contributed by atoms with van der Waals surface area (Å²) >= 11 is 0. The molecule has 0 aliphatic heterocycles. The normalized spacial score (nSPS) is 11.5. The summed E-state index contributed by atoms with van der Waals surface area (Å²) in [5.41, 5.74) is -2.31. The zero-order chi connectivity index (χ0) is 25.3. The fourth-order valence-corrected chi connectivity index (χ4v) is 4.17. The molecule has 0 saturated heterocycles. The predicted molar refractivity (Wildman–Crippen MR) is 124 cm³/mol. The highest BCUT2D eigenvalue weighted by Crippen LogP contribution is 2.49. The van der Waals surface area contributed by atoms with Gasteiger partial charge in [0.1, 0.15) is 11.4 Å². The summed E-state index contributed by atoms with van der Waals surface area (Å²) in [6.45, 7) is -0.137. The summed E-state index contributed by atoms with van der Waals surface area (Å²) in [6.07, 6.45) is -5.02. The molecule has 9 heteroatoms. The van der Waals surface area contributed by atoms with Gasteiger partial charge in [0.15, 0.2) is 11.5 Å². The highest BCUT2D eigenvalue weighted by atomic mass is 19.4. The van der Waals surface area contributed by atoms with Gasteiger partial charge in [-0.25, -0.2) is 4.39 Å². The van der Waals surface area contributed by atoms with Crippen LogP contribution in [0.15, 0.2) is 65.5 Å². The number of nitrogens with zero attached hydrogens (tertiary/aromatic N) is 1. The van der Waals surface area contributed by atoms with E-state index in [0.717, 1.165) is 16.7 Å². The number of aromatic nitrogens is 1. The van der Waals surface area contributed by atoms with Gasteiger partial charge < -0.3 is 18.8 Å². The number of methoxy groups -OCH3 is 3. The van der Waals surface area contributed by atoms with E-state index in [4.69, 9.17) is 14.2 Å². The second-order valence-electron chi connectivity index (χ2n) is 7.67. The van der Waals surface area contributed by atoms with E-state index >= 15 is 0 Å². The fourth-order valence-electron chi connectivity index (χ4n) is 4.17. The fraction of sp³-hybridized carbons (Fsp3) is 0.192. The number of alkyl halides is 3. The van der Waals surface area contributed by atoms with E-state index in [9.17, 15) is 22.4 Å². The van der Waals surface area contributed by atoms with Crippen molar-refractivity contribution in [2.75, 3.05) is 21.3 Å². The quantitative estimate of drug-likeness (QED) is 0.318. The third-order valence-corrected chi connectivity index (χ3v) is 5.66. The second-order valence-corrected chi connectivity index (χ2v) is 7.67. The summed E-state index contributed by atoms with van der Waals surface area (Å²) in [5.74, 6) is -0.449. The maximum Gasteiger partial charge on any atom is 0.422 e. The van der Waals surface area contributed by atoms with E-state index in [1.54, 1.807) is 30.3 Å². The standard InChI is InChI=1S/C26H21F4NO4/c1-33-19-13-18-21(24(35-3)23(19)34-2)20(16-9-11-17(27)12-10-16)22(26(28,29)30)25(32)31(18)14-15-7-5-4-6-8-15/h4-13H,14H2,1-3H3. The van der Waals surface area contributed by atoms with Gasteiger partial charge in [0.25, 0.3) is 5.56 Å². The summed E-state index contributed by atoms with van der Waals surface area (Å²) in [5, 5.41) is -0.0142. The van der Waals surface area contributed by atoms with Crippen molar-refractivity contribution in [1.82, 2.24) is 4.57 Å². The summed E-state index contributed by atoms with van der Waals surface area (Å²) in [4.78, 5) is 13.5. The molecule has 1 aromatic heterocycles. The minimum Gasteiger partial charge on any atom is -0.493 e. The first kappa shape index (κ1) is 24.1. The predicted octanol–water partition coefficient (Wildman–Crippen LogP) is 5.90. The van der Waals surface area contributed by atoms with Crippen molar-refractivity contribution >= 4 is 10.9 Å². The average Bonchev–Trinajstić information content (AvgIpc) is 2.84. The van der Waals surface area contributed by atoms with Crippen LogP contribution in [0.1, 0.15) is 11.1 Å². The Morgan fingerprint density at radius 3 is 2.03 bits per heavy atom. The van der Waals surface area contributed by atoms with Gasteiger partial charge in [-0.3, -0.25) is 4.79 Å². The van der Waals surface area contributed by atoms with Crippen LogP contribution >= 0.6 is 0 Å². The van der Waals surface area contributed by atoms with Crippen molar-refractivity contribution in [3.8, 4) is 28.4 Å². The zero-order valence-corrected chi connectivity index (χ0v) is 19.1. The van der Waals surface area contributed by atoms with Crippen LogP contribution < -0.4 is 19.8 Å². The van der Waals surface area contributed by atoms with Crippen LogP contribution in [0.5, 0.6) is 17.2 Å². The van der Waals surface area contributed by atoms with E-state index in [0.29, 0.717) is 5.56 Å². The molecule has 3 aromatic carbocycles. The Bertz CT molecular complexity index is 1430. The van der Waals surface area contributed by atoms with Gasteiger partial charge in [-0.1, -0.05) is 42.5 Å². The molecule has 35 heavy (non-hydrogen) atoms. The lowest BCUT2D eigenvalue weighted by Gasteiger charge is -2.23. The van der Waals surface area contributed by atoms with Crippen molar-refractivity contribution in [1.29, 1.82) is 0 Å². The molecule has 0 saturated carbocycles. The van der Waals surface area contributed by atoms with Gasteiger partial charge >= 0.3 is 6.18 Å². The molecule has 0 atom stereocenters. The number of ether oxygens (including phenoxy) is 3. The third kappa shape index (κ3) is 4.29. The first-order valence-electron chi connectivity index (χ1n) is 10.5. The van der Waals surface area contributed by atoms with Crippen LogP contribution in [0, 0.1) is 5.82 Å². The smallest absolute Gasteiger partial charge is 0.422 e. The highest BCUT2D eigenvalue weighted by Gasteiger charge is 2.40. The molecule has 0 aliphatic carbocycles. The molecule has 0 radical (unpaired) electrons. The number of rotatable bonds is 6. The Morgan fingerprint density at radius 2 is 1.49 bits per heavy atom. The van der Waals surface area contributed by atoms with Crippen LogP contribution in [-0.4, -0.2) is 25.9 Å². The first-order valence-corrected chi connectivity index (χ1v) is 10.5. The molecule has 4 aromatic rings. The second kappa shape index (κ2) is 9.32. The molecule has 0 spiro atoms. The molecule has 0 N–H and O–H groups in total. The van der Waals surface area contributed by atoms with Crippen molar-refractivity contribution in [3.05, 3.63) is 88.0 Å². The number of hydrogen-bond donors (Lipinski definition) is 0. The van der Waals surface area contributed by atoms with Gasteiger partial charge in [-0.05, 0) is 23.3 Å². The Hall–Kier alpha value is -4.01. The van der Waals surface area contributed by atoms with Crippen LogP contribution in [0.25, 0.3) is 22.0 Å². The van der Waals surface area contributed by atoms with E-state index in [1.807, 2.05) is 0 Å². The lowest BCUT2D eigenvalue weighted by Crippen LogP contribution is -2.31. The SMILES string of the molecule is COc1cc2c(c(OC)c1OC)c(-c1ccc(F)cc1)c(C(F)(F)F)c(=O)n2Cc1ccccc1. The Labute approximate surface area is 198 Å². The van der Waals surface area contributed by atoms with E-state index in [1.165, 1.54) is 39.5 Å². The van der Waals surface area contributed by atoms with Gasteiger partial charge in [0.2, 0.25) is 5.75 Å². The van der Waals surface area contributed by atoms with Gasteiger partial charge in [-0.2, -0.15) is 13.2 Å². The van der Waals surface area contributed by atoms with Crippen molar-refractivity contribution < 1.29 is 31.8 Å². The van der Waals surface area contributed by atoms with Crippen LogP contribution in [0.3, 0.4) is 0 Å². The molecule has 182 valence electrons. The molecule has 0 aliphatic rings. The van der Waals surface area contributed by atoms with Gasteiger partial charge in [0, 0.05) is 11.6 Å². The van der Waals surface area contributed by atoms with Crippen LogP contribution in [0.4, 0.5) is 17.6 Å². The topological polar surface area (TPSA) is 49.7 Å². The lowest BCUT2D eigenvalue weighted by molar-refractivity contribution is -0.138. The van der Waals surface area contributed by atoms with Crippen molar-refractivity contribution in [2.45, 2.75) is 12.7 Å². The Balaban J connectivity index is 2.27. The molecule has 0 fully saturated rings. The number of hydrogen-bond acceptors (Lipinski definition) is 4. The van der Waals surface area contributed by atoms with E-state index in [2.05, 4.69) is 0 Å². The van der Waals surface area contributed by atoms with E-state index < -0.39 is 28.7 Å². The first-order chi connectivity index (χ1) is 16.7. The maximum absolute atomic E-state index is 14.5. The van der Waals surface area contributed by atoms with Crippen LogP contribution in [-0.2, 0) is 12.7 Å². The Kier molecular flexibility index (Phi) is 6.43. The number of halogens is 4. The molecule has 1 heterocycles. The summed E-state index contributed by atoms with van der Waals surface area (Å²) in [7, 11) is 3.98. The highest BCUT2D eigenvalue weighted by molar-refractivity contribution is 6.03. The molecular formula is C26H21F4NO4. The van der Waals surface area contributed by atoms with Gasteiger partial charge in [0.05, 0.1) is 38.8 Å². The Morgan fingerprint density at radius 1 is 0.857 bits per heavy atom. The van der Waals surface area contributed by atoms with Crippen molar-refractivity contribution in [3.63, 3.8) is 0 Å². The average molecular weight is 487 g/mol. The molecule has 5 nitrogen and oxygen atoms in total. The molecule has 0 amide bonds. The molecule has 4 rings (SSSR count). The number of benzene rings is 3. The third-order valence-electron chi connectivity index (χ3n) is 5.66. The number of fused-ring (bicyclic) bond motifs is 1. The van der Waals surface area contributed by atoms with Gasteiger partial charge in [-0.15, -0.1) is 0 Å². The number of pyridine rings is 1. The van der Waals surface area contributed by atoms with E-state index in [-0.39, 0.29) is 40.3 Å². The van der Waals surface area contributed by atoms with Crippen LogP contribution in [0.2, 0.25) is 0 Å².